The smallest absolute Gasteiger partial charge is 0.316 e. The standard InChI is InChI=1S/C20H23N3O2/c1-13(15-10-9-14-5-2-3-6-16(14)11-15)22-19(24)17-7-4-8-18(12-17)23-20(21)25/h4,7-13H,2-3,5-6H2,1H3,(H,22,24)(H3,21,23,25)/t13-/m0/s1. The highest BCUT2D eigenvalue weighted by Crippen LogP contribution is 2.25. The summed E-state index contributed by atoms with van der Waals surface area (Å²) in [5.41, 5.74) is 10.0. The maximum absolute atomic E-state index is 12.5. The predicted octanol–water partition coefficient (Wildman–Crippen LogP) is 3.55. The van der Waals surface area contributed by atoms with Crippen LogP contribution < -0.4 is 16.4 Å². The Balaban J connectivity index is 1.71. The minimum atomic E-state index is -0.653. The summed E-state index contributed by atoms with van der Waals surface area (Å²) in [4.78, 5) is 23.4. The highest BCUT2D eigenvalue weighted by molar-refractivity contribution is 5.96. The van der Waals surface area contributed by atoms with E-state index in [-0.39, 0.29) is 11.9 Å². The molecule has 0 saturated carbocycles. The van der Waals surface area contributed by atoms with Crippen LogP contribution >= 0.6 is 0 Å². The summed E-state index contributed by atoms with van der Waals surface area (Å²) in [6, 6.07) is 12.5. The third-order valence-corrected chi connectivity index (χ3v) is 4.61. The molecule has 0 spiro atoms. The van der Waals surface area contributed by atoms with Crippen molar-refractivity contribution in [1.82, 2.24) is 5.32 Å². The Bertz CT molecular complexity index is 801. The van der Waals surface area contributed by atoms with Crippen LogP contribution in [-0.4, -0.2) is 11.9 Å². The highest BCUT2D eigenvalue weighted by Gasteiger charge is 2.15. The van der Waals surface area contributed by atoms with Crippen LogP contribution in [0.15, 0.2) is 42.5 Å². The zero-order valence-electron chi connectivity index (χ0n) is 14.3. The van der Waals surface area contributed by atoms with Gasteiger partial charge >= 0.3 is 6.03 Å². The van der Waals surface area contributed by atoms with E-state index in [4.69, 9.17) is 5.73 Å². The summed E-state index contributed by atoms with van der Waals surface area (Å²) in [6.07, 6.45) is 4.76. The van der Waals surface area contributed by atoms with Gasteiger partial charge in [-0.25, -0.2) is 4.79 Å². The van der Waals surface area contributed by atoms with E-state index in [9.17, 15) is 9.59 Å². The molecule has 5 nitrogen and oxygen atoms in total. The topological polar surface area (TPSA) is 84.2 Å². The number of primary amides is 1. The molecule has 3 amide bonds. The molecule has 25 heavy (non-hydrogen) atoms. The lowest BCUT2D eigenvalue weighted by molar-refractivity contribution is 0.0940. The van der Waals surface area contributed by atoms with Crippen molar-refractivity contribution in [2.75, 3.05) is 5.32 Å². The van der Waals surface area contributed by atoms with E-state index in [2.05, 4.69) is 28.8 Å². The molecule has 0 saturated heterocycles. The van der Waals surface area contributed by atoms with Crippen LogP contribution in [0.2, 0.25) is 0 Å². The Morgan fingerprint density at radius 1 is 1.04 bits per heavy atom. The summed E-state index contributed by atoms with van der Waals surface area (Å²) in [5.74, 6) is -0.182. The number of hydrogen-bond donors (Lipinski definition) is 3. The number of urea groups is 1. The fourth-order valence-corrected chi connectivity index (χ4v) is 3.27. The summed E-state index contributed by atoms with van der Waals surface area (Å²) in [5, 5.41) is 5.49. The molecule has 0 heterocycles. The van der Waals surface area contributed by atoms with Crippen molar-refractivity contribution in [3.63, 3.8) is 0 Å². The first kappa shape index (κ1) is 17.0. The van der Waals surface area contributed by atoms with Gasteiger partial charge in [0.05, 0.1) is 6.04 Å². The Morgan fingerprint density at radius 2 is 1.80 bits per heavy atom. The average Bonchev–Trinajstić information content (AvgIpc) is 2.61. The van der Waals surface area contributed by atoms with E-state index in [1.807, 2.05) is 6.92 Å². The molecule has 1 aliphatic rings. The largest absolute Gasteiger partial charge is 0.351 e. The van der Waals surface area contributed by atoms with Crippen molar-refractivity contribution in [3.8, 4) is 0 Å². The first-order valence-corrected chi connectivity index (χ1v) is 8.62. The minimum absolute atomic E-state index is 0.0903. The Hall–Kier alpha value is -2.82. The first-order valence-electron chi connectivity index (χ1n) is 8.62. The highest BCUT2D eigenvalue weighted by atomic mass is 16.2. The Morgan fingerprint density at radius 3 is 2.56 bits per heavy atom. The Kier molecular flexibility index (Phi) is 5.03. The number of aryl methyl sites for hydroxylation is 2. The molecule has 3 rings (SSSR count). The maximum atomic E-state index is 12.5. The molecule has 0 radical (unpaired) electrons. The number of amides is 3. The lowest BCUT2D eigenvalue weighted by atomic mass is 9.89. The van der Waals surface area contributed by atoms with Crippen molar-refractivity contribution >= 4 is 17.6 Å². The Labute approximate surface area is 147 Å². The number of benzene rings is 2. The molecule has 0 aromatic heterocycles. The van der Waals surface area contributed by atoms with Crippen LogP contribution in [0.3, 0.4) is 0 Å². The van der Waals surface area contributed by atoms with Crippen LogP contribution in [0.1, 0.15) is 52.9 Å². The zero-order chi connectivity index (χ0) is 17.8. The van der Waals surface area contributed by atoms with Gasteiger partial charge in [-0.05, 0) is 67.5 Å². The van der Waals surface area contributed by atoms with Gasteiger partial charge in [0.2, 0.25) is 0 Å². The van der Waals surface area contributed by atoms with Crippen LogP contribution in [-0.2, 0) is 12.8 Å². The number of nitrogens with two attached hydrogens (primary N) is 1. The van der Waals surface area contributed by atoms with Crippen molar-refractivity contribution in [2.45, 2.75) is 38.6 Å². The molecule has 2 aromatic rings. The lowest BCUT2D eigenvalue weighted by Gasteiger charge is -2.20. The normalized spacial score (nSPS) is 14.3. The van der Waals surface area contributed by atoms with Gasteiger partial charge in [0.15, 0.2) is 0 Å². The number of carbonyl (C=O) groups excluding carboxylic acids is 2. The van der Waals surface area contributed by atoms with E-state index in [1.165, 1.54) is 24.0 Å². The molecule has 0 fully saturated rings. The fourth-order valence-electron chi connectivity index (χ4n) is 3.27. The number of anilines is 1. The van der Waals surface area contributed by atoms with E-state index in [1.54, 1.807) is 24.3 Å². The summed E-state index contributed by atoms with van der Waals surface area (Å²) < 4.78 is 0. The lowest BCUT2D eigenvalue weighted by Crippen LogP contribution is -2.27. The SMILES string of the molecule is C[C@H](NC(=O)c1cccc(NC(N)=O)c1)c1ccc2c(c1)CCCC2. The second-order valence-corrected chi connectivity index (χ2v) is 6.50. The van der Waals surface area contributed by atoms with Gasteiger partial charge in [-0.3, -0.25) is 4.79 Å². The quantitative estimate of drug-likeness (QED) is 0.797. The molecular formula is C20H23N3O2. The van der Waals surface area contributed by atoms with Gasteiger partial charge in [-0.1, -0.05) is 24.3 Å². The van der Waals surface area contributed by atoms with Crippen molar-refractivity contribution in [2.24, 2.45) is 5.73 Å². The van der Waals surface area contributed by atoms with Gasteiger partial charge in [-0.15, -0.1) is 0 Å². The van der Waals surface area contributed by atoms with Gasteiger partial charge in [0.1, 0.15) is 0 Å². The average molecular weight is 337 g/mol. The molecular weight excluding hydrogens is 314 g/mol. The monoisotopic (exact) mass is 337 g/mol. The molecule has 1 atom stereocenters. The molecule has 1 aliphatic carbocycles. The van der Waals surface area contributed by atoms with Crippen molar-refractivity contribution < 1.29 is 9.59 Å². The van der Waals surface area contributed by atoms with Crippen LogP contribution in [0, 0.1) is 0 Å². The third-order valence-electron chi connectivity index (χ3n) is 4.61. The van der Waals surface area contributed by atoms with E-state index >= 15 is 0 Å². The van der Waals surface area contributed by atoms with Gasteiger partial charge in [0, 0.05) is 11.3 Å². The second-order valence-electron chi connectivity index (χ2n) is 6.50. The zero-order valence-corrected chi connectivity index (χ0v) is 14.3. The molecule has 130 valence electrons. The maximum Gasteiger partial charge on any atom is 0.316 e. The number of carbonyl (C=O) groups is 2. The summed E-state index contributed by atoms with van der Waals surface area (Å²) >= 11 is 0. The molecule has 4 N–H and O–H groups in total. The first-order chi connectivity index (χ1) is 12.0. The van der Waals surface area contributed by atoms with Gasteiger partial charge in [0.25, 0.3) is 5.91 Å². The minimum Gasteiger partial charge on any atom is -0.351 e. The van der Waals surface area contributed by atoms with Crippen LogP contribution in [0.5, 0.6) is 0 Å². The van der Waals surface area contributed by atoms with Crippen LogP contribution in [0.25, 0.3) is 0 Å². The number of rotatable bonds is 4. The van der Waals surface area contributed by atoms with Crippen molar-refractivity contribution in [3.05, 3.63) is 64.7 Å². The van der Waals surface area contributed by atoms with Crippen molar-refractivity contribution in [1.29, 1.82) is 0 Å². The summed E-state index contributed by atoms with van der Waals surface area (Å²) in [6.45, 7) is 1.98. The van der Waals surface area contributed by atoms with Crippen LogP contribution in [0.4, 0.5) is 10.5 Å². The molecule has 0 bridgehead atoms. The number of nitrogens with one attached hydrogen (secondary N) is 2. The third kappa shape index (κ3) is 4.18. The molecule has 0 unspecified atom stereocenters. The van der Waals surface area contributed by atoms with E-state index in [0.717, 1.165) is 18.4 Å². The fraction of sp³-hybridized carbons (Fsp3) is 0.300. The number of hydrogen-bond acceptors (Lipinski definition) is 2. The number of fused-ring (bicyclic) bond motifs is 1. The predicted molar refractivity (Wildman–Crippen MR) is 98.6 cm³/mol. The van der Waals surface area contributed by atoms with Gasteiger partial charge < -0.3 is 16.4 Å². The molecule has 5 heteroatoms. The van der Waals surface area contributed by atoms with Gasteiger partial charge in [-0.2, -0.15) is 0 Å². The molecule has 0 aliphatic heterocycles. The second kappa shape index (κ2) is 7.38. The molecule has 2 aromatic carbocycles. The summed E-state index contributed by atoms with van der Waals surface area (Å²) in [7, 11) is 0. The van der Waals surface area contributed by atoms with E-state index in [0.29, 0.717) is 11.3 Å². The van der Waals surface area contributed by atoms with E-state index < -0.39 is 6.03 Å².